The number of rotatable bonds is 2. The Balaban J connectivity index is 2.28. The predicted molar refractivity (Wildman–Crippen MR) is 61.2 cm³/mol. The van der Waals surface area contributed by atoms with Crippen LogP contribution in [-0.2, 0) is 0 Å². The smallest absolute Gasteiger partial charge is 0.352 e. The third-order valence-electron chi connectivity index (χ3n) is 3.00. The summed E-state index contributed by atoms with van der Waals surface area (Å²) in [5.41, 5.74) is 0.397. The van der Waals surface area contributed by atoms with Gasteiger partial charge in [-0.2, -0.15) is 0 Å². The Morgan fingerprint density at radius 1 is 1.40 bits per heavy atom. The van der Waals surface area contributed by atoms with Crippen molar-refractivity contribution in [2.24, 2.45) is 0 Å². The van der Waals surface area contributed by atoms with Gasteiger partial charge in [-0.1, -0.05) is 19.3 Å². The number of hydrogen-bond acceptors (Lipinski definition) is 1. The number of aromatic nitrogens is 1. The van der Waals surface area contributed by atoms with Gasteiger partial charge in [0, 0.05) is 16.7 Å². The van der Waals surface area contributed by atoms with Gasteiger partial charge < -0.3 is 9.67 Å². The summed E-state index contributed by atoms with van der Waals surface area (Å²) in [6.45, 7) is 0. The van der Waals surface area contributed by atoms with Crippen molar-refractivity contribution in [1.29, 1.82) is 0 Å². The molecule has 1 aromatic heterocycles. The molecule has 0 amide bonds. The van der Waals surface area contributed by atoms with Crippen LogP contribution in [0.1, 0.15) is 48.6 Å². The zero-order valence-electron chi connectivity index (χ0n) is 8.45. The standard InChI is InChI=1S/C11H14BrNO2/c12-8-6-10(11(14)15)13(7-8)9-4-2-1-3-5-9/h6-7,9H,1-5H2,(H,14,15). The molecule has 1 aliphatic rings. The molecule has 2 rings (SSSR count). The number of hydrogen-bond donors (Lipinski definition) is 1. The van der Waals surface area contributed by atoms with Gasteiger partial charge in [0.25, 0.3) is 0 Å². The fourth-order valence-electron chi connectivity index (χ4n) is 2.28. The summed E-state index contributed by atoms with van der Waals surface area (Å²) in [4.78, 5) is 11.0. The monoisotopic (exact) mass is 271 g/mol. The summed E-state index contributed by atoms with van der Waals surface area (Å²) >= 11 is 3.33. The minimum atomic E-state index is -0.841. The van der Waals surface area contributed by atoms with Crippen LogP contribution < -0.4 is 0 Å². The highest BCUT2D eigenvalue weighted by atomic mass is 79.9. The Bertz CT molecular complexity index is 367. The summed E-state index contributed by atoms with van der Waals surface area (Å²) < 4.78 is 2.76. The maximum Gasteiger partial charge on any atom is 0.352 e. The van der Waals surface area contributed by atoms with Crippen molar-refractivity contribution in [3.8, 4) is 0 Å². The molecule has 0 aliphatic heterocycles. The lowest BCUT2D eigenvalue weighted by Crippen LogP contribution is -2.16. The van der Waals surface area contributed by atoms with Crippen LogP contribution >= 0.6 is 15.9 Å². The van der Waals surface area contributed by atoms with Crippen molar-refractivity contribution in [2.75, 3.05) is 0 Å². The van der Waals surface area contributed by atoms with Gasteiger partial charge in [0.15, 0.2) is 0 Å². The van der Waals surface area contributed by atoms with E-state index in [4.69, 9.17) is 5.11 Å². The first-order chi connectivity index (χ1) is 7.18. The van der Waals surface area contributed by atoms with E-state index in [9.17, 15) is 4.79 Å². The Morgan fingerprint density at radius 2 is 2.07 bits per heavy atom. The van der Waals surface area contributed by atoms with Gasteiger partial charge in [0.1, 0.15) is 5.69 Å². The molecule has 0 spiro atoms. The van der Waals surface area contributed by atoms with Crippen molar-refractivity contribution in [2.45, 2.75) is 38.1 Å². The largest absolute Gasteiger partial charge is 0.477 e. The Hall–Kier alpha value is -0.770. The van der Waals surface area contributed by atoms with Crippen molar-refractivity contribution >= 4 is 21.9 Å². The van der Waals surface area contributed by atoms with Gasteiger partial charge in [-0.15, -0.1) is 0 Å². The minimum Gasteiger partial charge on any atom is -0.477 e. The molecule has 0 atom stereocenters. The molecular formula is C11H14BrNO2. The molecule has 1 fully saturated rings. The van der Waals surface area contributed by atoms with Crippen molar-refractivity contribution in [3.05, 3.63) is 22.4 Å². The average Bonchev–Trinajstić information content (AvgIpc) is 2.62. The lowest BCUT2D eigenvalue weighted by molar-refractivity contribution is 0.0681. The number of carboxylic acid groups (broad SMARTS) is 1. The summed E-state index contributed by atoms with van der Waals surface area (Å²) in [7, 11) is 0. The predicted octanol–water partition coefficient (Wildman–Crippen LogP) is 3.45. The van der Waals surface area contributed by atoms with E-state index in [1.165, 1.54) is 19.3 Å². The lowest BCUT2D eigenvalue weighted by Gasteiger charge is -2.24. The normalized spacial score (nSPS) is 17.9. The lowest BCUT2D eigenvalue weighted by atomic mass is 9.95. The Morgan fingerprint density at radius 3 is 2.67 bits per heavy atom. The first kappa shape index (κ1) is 10.7. The van der Waals surface area contributed by atoms with E-state index in [-0.39, 0.29) is 0 Å². The van der Waals surface area contributed by atoms with Crippen LogP contribution in [0.2, 0.25) is 0 Å². The third-order valence-corrected chi connectivity index (χ3v) is 3.44. The molecule has 1 heterocycles. The number of aromatic carboxylic acids is 1. The van der Waals surface area contributed by atoms with Gasteiger partial charge in [-0.3, -0.25) is 0 Å². The molecule has 4 heteroatoms. The van der Waals surface area contributed by atoms with Crippen LogP contribution in [0.25, 0.3) is 0 Å². The van der Waals surface area contributed by atoms with E-state index in [0.717, 1.165) is 17.3 Å². The molecule has 0 saturated heterocycles. The maximum absolute atomic E-state index is 11.0. The second-order valence-electron chi connectivity index (χ2n) is 4.05. The Labute approximate surface area is 97.2 Å². The van der Waals surface area contributed by atoms with Crippen molar-refractivity contribution in [3.63, 3.8) is 0 Å². The van der Waals surface area contributed by atoms with E-state index in [0.29, 0.717) is 11.7 Å². The second kappa shape index (κ2) is 4.39. The third kappa shape index (κ3) is 2.25. The van der Waals surface area contributed by atoms with Crippen molar-refractivity contribution in [1.82, 2.24) is 4.57 Å². The minimum absolute atomic E-state index is 0.371. The molecule has 1 N–H and O–H groups in total. The van der Waals surface area contributed by atoms with Crippen LogP contribution in [0.4, 0.5) is 0 Å². The fraction of sp³-hybridized carbons (Fsp3) is 0.545. The average molecular weight is 272 g/mol. The first-order valence-corrected chi connectivity index (χ1v) is 6.08. The van der Waals surface area contributed by atoms with Crippen LogP contribution in [0.5, 0.6) is 0 Å². The van der Waals surface area contributed by atoms with E-state index in [2.05, 4.69) is 15.9 Å². The van der Waals surface area contributed by atoms with Gasteiger partial charge >= 0.3 is 5.97 Å². The van der Waals surface area contributed by atoms with Crippen molar-refractivity contribution < 1.29 is 9.90 Å². The Kier molecular flexibility index (Phi) is 3.14. The zero-order chi connectivity index (χ0) is 10.8. The highest BCUT2D eigenvalue weighted by molar-refractivity contribution is 9.10. The summed E-state index contributed by atoms with van der Waals surface area (Å²) in [5, 5.41) is 9.07. The molecule has 15 heavy (non-hydrogen) atoms. The summed E-state index contributed by atoms with van der Waals surface area (Å²) in [6, 6.07) is 2.05. The van der Waals surface area contributed by atoms with Gasteiger partial charge in [0.2, 0.25) is 0 Å². The van der Waals surface area contributed by atoms with Gasteiger partial charge in [-0.25, -0.2) is 4.79 Å². The maximum atomic E-state index is 11.0. The molecular weight excluding hydrogens is 258 g/mol. The molecule has 0 unspecified atom stereocenters. The molecule has 0 bridgehead atoms. The topological polar surface area (TPSA) is 42.2 Å². The quantitative estimate of drug-likeness (QED) is 0.895. The fourth-order valence-corrected chi connectivity index (χ4v) is 2.72. The highest BCUT2D eigenvalue weighted by Crippen LogP contribution is 2.31. The van der Waals surface area contributed by atoms with Crippen LogP contribution in [0.3, 0.4) is 0 Å². The second-order valence-corrected chi connectivity index (χ2v) is 4.96. The van der Waals surface area contributed by atoms with Crippen LogP contribution in [0, 0.1) is 0 Å². The van der Waals surface area contributed by atoms with Gasteiger partial charge in [-0.05, 0) is 34.8 Å². The van der Waals surface area contributed by atoms with E-state index >= 15 is 0 Å². The highest BCUT2D eigenvalue weighted by Gasteiger charge is 2.20. The summed E-state index contributed by atoms with van der Waals surface area (Å²) in [5.74, 6) is -0.841. The van der Waals surface area contributed by atoms with Gasteiger partial charge in [0.05, 0.1) is 0 Å². The van der Waals surface area contributed by atoms with Crippen LogP contribution in [0.15, 0.2) is 16.7 Å². The molecule has 3 nitrogen and oxygen atoms in total. The molecule has 1 saturated carbocycles. The van der Waals surface area contributed by atoms with E-state index in [1.807, 2.05) is 10.8 Å². The first-order valence-electron chi connectivity index (χ1n) is 5.29. The molecule has 0 aromatic carbocycles. The number of carbonyl (C=O) groups is 1. The van der Waals surface area contributed by atoms with Crippen LogP contribution in [-0.4, -0.2) is 15.6 Å². The number of halogens is 1. The molecule has 1 aliphatic carbocycles. The number of carboxylic acids is 1. The zero-order valence-corrected chi connectivity index (χ0v) is 10.0. The summed E-state index contributed by atoms with van der Waals surface area (Å²) in [6.07, 6.45) is 7.78. The van der Waals surface area contributed by atoms with E-state index < -0.39 is 5.97 Å². The van der Waals surface area contributed by atoms with E-state index in [1.54, 1.807) is 6.07 Å². The SMILES string of the molecule is O=C(O)c1cc(Br)cn1C1CCCCC1. The molecule has 82 valence electrons. The molecule has 0 radical (unpaired) electrons. The number of nitrogens with zero attached hydrogens (tertiary/aromatic N) is 1. The molecule has 1 aromatic rings.